The average molecular weight is 633 g/mol. The van der Waals surface area contributed by atoms with Crippen LogP contribution in [0.25, 0.3) is 10.9 Å². The first-order chi connectivity index (χ1) is 18.4. The van der Waals surface area contributed by atoms with Crippen LogP contribution in [0.4, 0.5) is 0 Å². The number of ether oxygens (including phenoxy) is 2. The van der Waals surface area contributed by atoms with Crippen molar-refractivity contribution in [3.63, 3.8) is 0 Å². The second-order valence-corrected chi connectivity index (χ2v) is 10.3. The van der Waals surface area contributed by atoms with Gasteiger partial charge in [0.15, 0.2) is 0 Å². The highest BCUT2D eigenvalue weighted by Crippen LogP contribution is 2.30. The Hall–Kier alpha value is -2.93. The standard InChI is InChI=1S/C28H32IN3O6/c1-37-17-26(34)32(12-10-20-14-18-6-2-4-8-22(18)31-20)23-15-19(28(36)30-11-13-33)16-25(27(23)35)38-24-9-5-3-7-21(24)29/h2-9,14,16,23,25,27,31,33,35H,10-13,15,17H2,1H3,(H,30,36). The Balaban J connectivity index is 1.62. The van der Waals surface area contributed by atoms with Crippen LogP contribution >= 0.6 is 22.6 Å². The van der Waals surface area contributed by atoms with Crippen LogP contribution in [-0.2, 0) is 20.7 Å². The molecule has 1 heterocycles. The number of benzene rings is 2. The maximum atomic E-state index is 13.2. The summed E-state index contributed by atoms with van der Waals surface area (Å²) >= 11 is 2.15. The summed E-state index contributed by atoms with van der Waals surface area (Å²) in [5, 5.41) is 24.4. The number of carbonyl (C=O) groups is 2. The molecule has 0 spiro atoms. The van der Waals surface area contributed by atoms with Crippen molar-refractivity contribution >= 4 is 45.3 Å². The zero-order valence-electron chi connectivity index (χ0n) is 21.1. The minimum absolute atomic E-state index is 0.0954. The summed E-state index contributed by atoms with van der Waals surface area (Å²) in [6, 6.07) is 16.6. The fourth-order valence-electron chi connectivity index (χ4n) is 4.66. The van der Waals surface area contributed by atoms with E-state index in [4.69, 9.17) is 14.6 Å². The number of fused-ring (bicyclic) bond motifs is 1. The van der Waals surface area contributed by atoms with E-state index < -0.39 is 18.2 Å². The molecule has 0 aliphatic heterocycles. The van der Waals surface area contributed by atoms with E-state index in [1.54, 1.807) is 17.0 Å². The molecule has 3 aromatic rings. The van der Waals surface area contributed by atoms with Crippen molar-refractivity contribution < 1.29 is 29.3 Å². The molecule has 3 unspecified atom stereocenters. The average Bonchev–Trinajstić information content (AvgIpc) is 3.33. The third kappa shape index (κ3) is 6.73. The summed E-state index contributed by atoms with van der Waals surface area (Å²) in [5.74, 6) is -0.100. The van der Waals surface area contributed by atoms with E-state index in [0.717, 1.165) is 20.2 Å². The van der Waals surface area contributed by atoms with Crippen molar-refractivity contribution in [2.24, 2.45) is 0 Å². The molecule has 3 atom stereocenters. The van der Waals surface area contributed by atoms with E-state index in [0.29, 0.717) is 24.3 Å². The van der Waals surface area contributed by atoms with Gasteiger partial charge >= 0.3 is 0 Å². The van der Waals surface area contributed by atoms with Gasteiger partial charge in [0.05, 0.1) is 16.2 Å². The Morgan fingerprint density at radius 2 is 1.95 bits per heavy atom. The van der Waals surface area contributed by atoms with E-state index in [1.807, 2.05) is 48.5 Å². The topological polar surface area (TPSA) is 124 Å². The minimum Gasteiger partial charge on any atom is -0.482 e. The monoisotopic (exact) mass is 633 g/mol. The van der Waals surface area contributed by atoms with Gasteiger partial charge in [-0.05, 0) is 58.3 Å². The Morgan fingerprint density at radius 3 is 2.68 bits per heavy atom. The number of hydrogen-bond acceptors (Lipinski definition) is 6. The van der Waals surface area contributed by atoms with Crippen LogP contribution in [0.2, 0.25) is 0 Å². The Bertz CT molecular complexity index is 1260. The third-order valence-corrected chi connectivity index (χ3v) is 7.40. The van der Waals surface area contributed by atoms with Gasteiger partial charge in [0.1, 0.15) is 24.6 Å². The van der Waals surface area contributed by atoms with Crippen molar-refractivity contribution in [3.8, 4) is 5.75 Å². The quantitative estimate of drug-likeness (QED) is 0.241. The first kappa shape index (κ1) is 28.1. The molecule has 4 rings (SSSR count). The molecule has 202 valence electrons. The number of aromatic amines is 1. The van der Waals surface area contributed by atoms with Gasteiger partial charge in [-0.1, -0.05) is 30.3 Å². The molecule has 38 heavy (non-hydrogen) atoms. The number of aromatic nitrogens is 1. The van der Waals surface area contributed by atoms with E-state index in [2.05, 4.69) is 32.9 Å². The molecule has 10 heteroatoms. The van der Waals surface area contributed by atoms with Gasteiger partial charge in [0.2, 0.25) is 11.8 Å². The van der Waals surface area contributed by atoms with Gasteiger partial charge in [-0.25, -0.2) is 0 Å². The van der Waals surface area contributed by atoms with Crippen molar-refractivity contribution in [3.05, 3.63) is 75.5 Å². The van der Waals surface area contributed by atoms with Crippen LogP contribution in [0.15, 0.2) is 66.2 Å². The predicted octanol–water partition coefficient (Wildman–Crippen LogP) is 2.41. The maximum Gasteiger partial charge on any atom is 0.248 e. The smallest absolute Gasteiger partial charge is 0.248 e. The second-order valence-electron chi connectivity index (χ2n) is 9.10. The third-order valence-electron chi connectivity index (χ3n) is 6.51. The summed E-state index contributed by atoms with van der Waals surface area (Å²) < 4.78 is 12.2. The Labute approximate surface area is 235 Å². The molecule has 0 saturated carbocycles. The fourth-order valence-corrected chi connectivity index (χ4v) is 5.17. The number of nitrogens with one attached hydrogen (secondary N) is 2. The first-order valence-electron chi connectivity index (χ1n) is 12.4. The lowest BCUT2D eigenvalue weighted by Crippen LogP contribution is -2.56. The van der Waals surface area contributed by atoms with Crippen molar-refractivity contribution in [1.82, 2.24) is 15.2 Å². The second kappa shape index (κ2) is 13.2. The van der Waals surface area contributed by atoms with Crippen molar-refractivity contribution in [2.75, 3.05) is 33.4 Å². The molecule has 9 nitrogen and oxygen atoms in total. The normalized spacial score (nSPS) is 19.2. The van der Waals surface area contributed by atoms with Gasteiger partial charge in [-0.3, -0.25) is 9.59 Å². The fraction of sp³-hybridized carbons (Fsp3) is 0.357. The molecule has 0 bridgehead atoms. The van der Waals surface area contributed by atoms with E-state index in [-0.39, 0.29) is 38.0 Å². The minimum atomic E-state index is -1.09. The highest BCUT2D eigenvalue weighted by Gasteiger charge is 2.40. The van der Waals surface area contributed by atoms with E-state index in [9.17, 15) is 14.7 Å². The lowest BCUT2D eigenvalue weighted by molar-refractivity contribution is -0.142. The zero-order valence-corrected chi connectivity index (χ0v) is 23.3. The van der Waals surface area contributed by atoms with Crippen LogP contribution < -0.4 is 10.1 Å². The van der Waals surface area contributed by atoms with Gasteiger partial charge in [-0.2, -0.15) is 0 Å². The summed E-state index contributed by atoms with van der Waals surface area (Å²) in [6.45, 7) is 0.0417. The van der Waals surface area contributed by atoms with Crippen molar-refractivity contribution in [2.45, 2.75) is 31.1 Å². The van der Waals surface area contributed by atoms with E-state index in [1.165, 1.54) is 7.11 Å². The number of H-pyrrole nitrogens is 1. The summed E-state index contributed by atoms with van der Waals surface area (Å²) in [5.41, 5.74) is 2.34. The molecule has 1 aromatic heterocycles. The number of rotatable bonds is 11. The SMILES string of the molecule is COCC(=O)N(CCc1cc2ccccc2[nH]1)C1CC(C(=O)NCCO)=CC(Oc2ccccc2I)C1O. The maximum absolute atomic E-state index is 13.2. The largest absolute Gasteiger partial charge is 0.482 e. The highest BCUT2D eigenvalue weighted by atomic mass is 127. The zero-order chi connectivity index (χ0) is 27.1. The highest BCUT2D eigenvalue weighted by molar-refractivity contribution is 14.1. The number of aliphatic hydroxyl groups is 2. The molecule has 2 amide bonds. The molecule has 2 aromatic carbocycles. The Kier molecular flexibility index (Phi) is 9.78. The number of amides is 2. The number of methoxy groups -OCH3 is 1. The number of para-hydroxylation sites is 2. The van der Waals surface area contributed by atoms with Gasteiger partial charge in [0.25, 0.3) is 0 Å². The molecular formula is C28H32IN3O6. The van der Waals surface area contributed by atoms with Crippen LogP contribution in [0.1, 0.15) is 12.1 Å². The Morgan fingerprint density at radius 1 is 1.18 bits per heavy atom. The molecule has 0 radical (unpaired) electrons. The molecule has 1 aliphatic carbocycles. The van der Waals surface area contributed by atoms with Gasteiger partial charge in [-0.15, -0.1) is 0 Å². The summed E-state index contributed by atoms with van der Waals surface area (Å²) in [4.78, 5) is 31.1. The van der Waals surface area contributed by atoms with Gasteiger partial charge < -0.3 is 34.9 Å². The number of aliphatic hydroxyl groups excluding tert-OH is 2. The molecule has 4 N–H and O–H groups in total. The summed E-state index contributed by atoms with van der Waals surface area (Å²) in [7, 11) is 1.45. The molecule has 0 saturated heterocycles. The van der Waals surface area contributed by atoms with E-state index >= 15 is 0 Å². The lowest BCUT2D eigenvalue weighted by Gasteiger charge is -2.40. The number of halogens is 1. The van der Waals surface area contributed by atoms with Crippen LogP contribution in [0.5, 0.6) is 5.75 Å². The van der Waals surface area contributed by atoms with Crippen LogP contribution in [-0.4, -0.2) is 83.6 Å². The predicted molar refractivity (Wildman–Crippen MR) is 152 cm³/mol. The van der Waals surface area contributed by atoms with Crippen LogP contribution in [0.3, 0.4) is 0 Å². The number of carbonyl (C=O) groups excluding carboxylic acids is 2. The van der Waals surface area contributed by atoms with Gasteiger partial charge in [0, 0.05) is 49.8 Å². The lowest BCUT2D eigenvalue weighted by atomic mass is 9.88. The number of nitrogens with zero attached hydrogens (tertiary/aromatic N) is 1. The molecule has 1 aliphatic rings. The molecule has 0 fully saturated rings. The summed E-state index contributed by atoms with van der Waals surface area (Å²) in [6.07, 6.45) is 0.292. The van der Waals surface area contributed by atoms with Crippen LogP contribution in [0, 0.1) is 3.57 Å². The molecular weight excluding hydrogens is 601 g/mol. The van der Waals surface area contributed by atoms with Crippen molar-refractivity contribution in [1.29, 1.82) is 0 Å². The number of hydrogen-bond donors (Lipinski definition) is 4. The first-order valence-corrected chi connectivity index (χ1v) is 13.5.